The summed E-state index contributed by atoms with van der Waals surface area (Å²) in [5.74, 6) is 0.951. The van der Waals surface area contributed by atoms with Crippen LogP contribution < -0.4 is 14.2 Å². The van der Waals surface area contributed by atoms with Crippen molar-refractivity contribution in [2.24, 2.45) is 5.10 Å². The van der Waals surface area contributed by atoms with Gasteiger partial charge >= 0.3 is 0 Å². The van der Waals surface area contributed by atoms with Crippen molar-refractivity contribution in [3.8, 4) is 17.2 Å². The summed E-state index contributed by atoms with van der Waals surface area (Å²) in [7, 11) is 3.15. The maximum absolute atomic E-state index is 13.1. The first-order chi connectivity index (χ1) is 15.1. The minimum atomic E-state index is -0.364. The molecule has 0 aliphatic carbocycles. The van der Waals surface area contributed by atoms with E-state index in [1.165, 1.54) is 29.3 Å². The molecular formula is C23H21FN2O4S. The second-order valence-corrected chi connectivity index (χ2v) is 7.79. The number of amides is 1. The van der Waals surface area contributed by atoms with Crippen molar-refractivity contribution in [1.82, 2.24) is 5.01 Å². The van der Waals surface area contributed by atoms with Gasteiger partial charge in [-0.3, -0.25) is 4.79 Å². The van der Waals surface area contributed by atoms with Crippen LogP contribution in [0.5, 0.6) is 17.2 Å². The second-order valence-electron chi connectivity index (χ2n) is 6.84. The summed E-state index contributed by atoms with van der Waals surface area (Å²) >= 11 is 1.58. The molecule has 6 nitrogen and oxygen atoms in total. The van der Waals surface area contributed by atoms with E-state index in [9.17, 15) is 9.18 Å². The molecule has 0 N–H and O–H groups in total. The van der Waals surface area contributed by atoms with Crippen LogP contribution in [0.15, 0.2) is 65.1 Å². The van der Waals surface area contributed by atoms with E-state index in [1.807, 2.05) is 35.7 Å². The first kappa shape index (κ1) is 20.9. The molecule has 8 heteroatoms. The van der Waals surface area contributed by atoms with Gasteiger partial charge in [0.15, 0.2) is 18.1 Å². The van der Waals surface area contributed by atoms with Crippen molar-refractivity contribution in [1.29, 1.82) is 0 Å². The van der Waals surface area contributed by atoms with Gasteiger partial charge in [-0.05, 0) is 53.4 Å². The van der Waals surface area contributed by atoms with Crippen molar-refractivity contribution in [3.05, 3.63) is 76.2 Å². The van der Waals surface area contributed by atoms with E-state index in [4.69, 9.17) is 14.2 Å². The number of thiophene rings is 1. The normalized spacial score (nSPS) is 15.5. The number of benzene rings is 2. The summed E-state index contributed by atoms with van der Waals surface area (Å²) in [6, 6.07) is 14.8. The van der Waals surface area contributed by atoms with Crippen molar-refractivity contribution in [2.45, 2.75) is 12.5 Å². The van der Waals surface area contributed by atoms with Crippen LogP contribution in [0.4, 0.5) is 4.39 Å². The molecule has 0 unspecified atom stereocenters. The molecule has 160 valence electrons. The maximum atomic E-state index is 13.1. The molecule has 1 atom stereocenters. The van der Waals surface area contributed by atoms with Crippen LogP contribution in [0.1, 0.15) is 22.9 Å². The highest BCUT2D eigenvalue weighted by atomic mass is 32.1. The first-order valence-electron chi connectivity index (χ1n) is 9.62. The van der Waals surface area contributed by atoms with E-state index in [2.05, 4.69) is 5.10 Å². The van der Waals surface area contributed by atoms with Gasteiger partial charge < -0.3 is 14.2 Å². The number of rotatable bonds is 7. The fraction of sp³-hybridized carbons (Fsp3) is 0.217. The minimum Gasteiger partial charge on any atom is -0.493 e. The number of hydrogen-bond donors (Lipinski definition) is 0. The molecule has 3 aromatic rings. The molecule has 1 aliphatic rings. The lowest BCUT2D eigenvalue weighted by Crippen LogP contribution is -2.31. The SMILES string of the molecule is COc1ccc([C@@H]2CC(c3cccs3)=NN2C(=O)COc2ccc(F)cc2)cc1OC. The Morgan fingerprint density at radius 2 is 1.90 bits per heavy atom. The van der Waals surface area contributed by atoms with Crippen LogP contribution in [-0.2, 0) is 4.79 Å². The summed E-state index contributed by atoms with van der Waals surface area (Å²) in [4.78, 5) is 14.0. The van der Waals surface area contributed by atoms with E-state index in [0.717, 1.165) is 16.2 Å². The molecule has 0 fully saturated rings. The molecule has 0 radical (unpaired) electrons. The van der Waals surface area contributed by atoms with Gasteiger partial charge in [-0.15, -0.1) is 11.3 Å². The number of carbonyl (C=O) groups excluding carboxylic acids is 1. The van der Waals surface area contributed by atoms with Crippen LogP contribution in [0.2, 0.25) is 0 Å². The van der Waals surface area contributed by atoms with Crippen LogP contribution in [0, 0.1) is 5.82 Å². The van der Waals surface area contributed by atoms with Crippen LogP contribution in [0.25, 0.3) is 0 Å². The van der Waals surface area contributed by atoms with Gasteiger partial charge in [0.05, 0.1) is 30.9 Å². The average molecular weight is 440 g/mol. The molecule has 0 saturated carbocycles. The zero-order valence-electron chi connectivity index (χ0n) is 17.1. The average Bonchev–Trinajstić information content (AvgIpc) is 3.48. The Morgan fingerprint density at radius 1 is 1.13 bits per heavy atom. The first-order valence-corrected chi connectivity index (χ1v) is 10.5. The van der Waals surface area contributed by atoms with Crippen LogP contribution in [0.3, 0.4) is 0 Å². The minimum absolute atomic E-state index is 0.212. The number of hydrazone groups is 1. The van der Waals surface area contributed by atoms with Crippen molar-refractivity contribution < 1.29 is 23.4 Å². The quantitative estimate of drug-likeness (QED) is 0.536. The zero-order chi connectivity index (χ0) is 21.8. The third-order valence-corrected chi connectivity index (χ3v) is 5.86. The van der Waals surface area contributed by atoms with E-state index < -0.39 is 0 Å². The van der Waals surface area contributed by atoms with E-state index >= 15 is 0 Å². The third kappa shape index (κ3) is 4.54. The molecule has 2 aromatic carbocycles. The lowest BCUT2D eigenvalue weighted by atomic mass is 10.0. The van der Waals surface area contributed by atoms with Gasteiger partial charge in [-0.2, -0.15) is 5.10 Å². The van der Waals surface area contributed by atoms with Gasteiger partial charge in [0.25, 0.3) is 5.91 Å². The Morgan fingerprint density at radius 3 is 2.58 bits per heavy atom. The van der Waals surface area contributed by atoms with Gasteiger partial charge in [0, 0.05) is 6.42 Å². The van der Waals surface area contributed by atoms with E-state index in [0.29, 0.717) is 23.7 Å². The Balaban J connectivity index is 1.59. The fourth-order valence-corrected chi connectivity index (χ4v) is 4.11. The highest BCUT2D eigenvalue weighted by molar-refractivity contribution is 7.12. The predicted octanol–water partition coefficient (Wildman–Crippen LogP) is 4.66. The summed E-state index contributed by atoms with van der Waals surface area (Å²) in [6.07, 6.45) is 0.568. The summed E-state index contributed by atoms with van der Waals surface area (Å²) in [6.45, 7) is -0.212. The number of halogens is 1. The number of carbonyl (C=O) groups is 1. The van der Waals surface area contributed by atoms with Crippen molar-refractivity contribution >= 4 is 23.0 Å². The fourth-order valence-electron chi connectivity index (χ4n) is 3.39. The van der Waals surface area contributed by atoms with E-state index in [1.54, 1.807) is 25.6 Å². The molecule has 0 spiro atoms. The van der Waals surface area contributed by atoms with Gasteiger partial charge in [0.2, 0.25) is 0 Å². The molecule has 1 aliphatic heterocycles. The Kier molecular flexibility index (Phi) is 6.18. The summed E-state index contributed by atoms with van der Waals surface area (Å²) in [5.41, 5.74) is 1.72. The number of ether oxygens (including phenoxy) is 3. The van der Waals surface area contributed by atoms with E-state index in [-0.39, 0.29) is 24.4 Å². The highest BCUT2D eigenvalue weighted by Gasteiger charge is 2.34. The third-order valence-electron chi connectivity index (χ3n) is 4.94. The van der Waals surface area contributed by atoms with Crippen LogP contribution in [-0.4, -0.2) is 37.5 Å². The van der Waals surface area contributed by atoms with Crippen molar-refractivity contribution in [2.75, 3.05) is 20.8 Å². The summed E-state index contributed by atoms with van der Waals surface area (Å²) < 4.78 is 29.4. The molecule has 0 bridgehead atoms. The Labute approximate surface area is 183 Å². The summed E-state index contributed by atoms with van der Waals surface area (Å²) in [5, 5.41) is 8.05. The monoisotopic (exact) mass is 440 g/mol. The molecule has 4 rings (SSSR count). The topological polar surface area (TPSA) is 60.4 Å². The molecule has 1 aromatic heterocycles. The molecular weight excluding hydrogens is 419 g/mol. The van der Waals surface area contributed by atoms with Gasteiger partial charge in [-0.25, -0.2) is 9.40 Å². The van der Waals surface area contributed by atoms with Crippen LogP contribution >= 0.6 is 11.3 Å². The number of nitrogens with zero attached hydrogens (tertiary/aromatic N) is 2. The zero-order valence-corrected chi connectivity index (χ0v) is 17.9. The largest absolute Gasteiger partial charge is 0.493 e. The van der Waals surface area contributed by atoms with Gasteiger partial charge in [-0.1, -0.05) is 12.1 Å². The number of methoxy groups -OCH3 is 2. The molecule has 1 amide bonds. The van der Waals surface area contributed by atoms with Gasteiger partial charge in [0.1, 0.15) is 11.6 Å². The highest BCUT2D eigenvalue weighted by Crippen LogP contribution is 2.37. The lowest BCUT2D eigenvalue weighted by Gasteiger charge is -2.23. The van der Waals surface area contributed by atoms with Crippen molar-refractivity contribution in [3.63, 3.8) is 0 Å². The Bertz CT molecular complexity index is 1080. The molecule has 0 saturated heterocycles. The smallest absolute Gasteiger partial charge is 0.281 e. The lowest BCUT2D eigenvalue weighted by molar-refractivity contribution is -0.135. The molecule has 31 heavy (non-hydrogen) atoms. The standard InChI is InChI=1S/C23H21FN2O4S/c1-28-20-10-5-15(12-21(20)29-2)19-13-18(22-4-3-11-31-22)25-26(19)23(27)14-30-17-8-6-16(24)7-9-17/h3-12,19H,13-14H2,1-2H3/t19-/m0/s1. The predicted molar refractivity (Wildman–Crippen MR) is 117 cm³/mol. The second kappa shape index (κ2) is 9.18. The maximum Gasteiger partial charge on any atom is 0.281 e. The molecule has 2 heterocycles. The number of hydrogen-bond acceptors (Lipinski definition) is 6. The Hall–Kier alpha value is -3.39.